The zero-order valence-corrected chi connectivity index (χ0v) is 27.3. The third kappa shape index (κ3) is 5.72. The topological polar surface area (TPSA) is 309 Å². The average molecular weight is 766 g/mol. The summed E-state index contributed by atoms with van der Waals surface area (Å²) in [4.78, 5) is 56.3. The molecule has 22 nitrogen and oxygen atoms in total. The summed E-state index contributed by atoms with van der Waals surface area (Å²) >= 11 is 0. The van der Waals surface area contributed by atoms with E-state index < -0.39 is 108 Å². The lowest BCUT2D eigenvalue weighted by atomic mass is 9.83. The van der Waals surface area contributed by atoms with Crippen molar-refractivity contribution in [2.45, 2.75) is 74.0 Å². The Morgan fingerprint density at radius 1 is 0.941 bits per heavy atom. The maximum absolute atomic E-state index is 15.3. The van der Waals surface area contributed by atoms with Gasteiger partial charge in [-0.15, -0.1) is 0 Å². The summed E-state index contributed by atoms with van der Waals surface area (Å²) in [7, 11) is -11.0. The number of nitrogens with zero attached hydrogens (tertiary/aromatic N) is 7. The number of phosphoric acid groups is 2. The van der Waals surface area contributed by atoms with Crippen LogP contribution in [-0.4, -0.2) is 103 Å². The van der Waals surface area contributed by atoms with Gasteiger partial charge in [-0.05, 0) is 12.8 Å². The molecule has 4 saturated heterocycles. The molecule has 0 radical (unpaired) electrons. The second kappa shape index (κ2) is 11.7. The minimum Gasteiger partial charge on any atom is -0.386 e. The van der Waals surface area contributed by atoms with Gasteiger partial charge in [-0.3, -0.25) is 37.0 Å². The smallest absolute Gasteiger partial charge is 0.386 e. The van der Waals surface area contributed by atoms with Crippen molar-refractivity contribution in [1.82, 2.24) is 39.0 Å². The molecule has 4 aromatic rings. The highest BCUT2D eigenvalue weighted by Gasteiger charge is 2.66. The summed E-state index contributed by atoms with van der Waals surface area (Å²) in [6.45, 7) is -0.826. The number of hydrogen-bond donors (Lipinski definition) is 6. The van der Waals surface area contributed by atoms with Gasteiger partial charge >= 0.3 is 21.8 Å². The number of aromatic nitrogens is 8. The second-order valence-electron chi connectivity index (χ2n) is 12.3. The molecule has 0 spiro atoms. The quantitative estimate of drug-likeness (QED) is 0.150. The van der Waals surface area contributed by atoms with Gasteiger partial charge in [-0.25, -0.2) is 29.1 Å². The molecule has 0 aromatic carbocycles. The Hall–Kier alpha value is -3.61. The van der Waals surface area contributed by atoms with Crippen LogP contribution in [0.4, 0.5) is 24.9 Å². The zero-order chi connectivity index (χ0) is 36.2. The standard InChI is InChI=1S/C24H27F3N10O12P2/c25-24(26,27)23-2-1-8-10(46-21(14(8)47-51(42,43)49-23)37-7-33-12-18(37)34-22(29)35-19(12)39)4-44-50(40,41)48-15-9(3-23)45-20(13(15)38)36-6-32-11-16(28)30-5-31-17(11)36/h5-10,13-15,20-21,38H,1-4H2,(H,40,41)(H,42,43)(H2,28,30,31)(H3,29,34,35,39)/t8?,9-,10-,13?,14?,15?,20-,21-,23?/m1/s1. The first-order chi connectivity index (χ1) is 24.0. The molecule has 0 aliphatic carbocycles. The van der Waals surface area contributed by atoms with E-state index in [9.17, 15) is 28.8 Å². The van der Waals surface area contributed by atoms with Crippen LogP contribution in [0.3, 0.4) is 0 Å². The molecule has 4 fully saturated rings. The predicted molar refractivity (Wildman–Crippen MR) is 159 cm³/mol. The summed E-state index contributed by atoms with van der Waals surface area (Å²) in [6, 6.07) is 0. The van der Waals surface area contributed by atoms with Gasteiger partial charge in [0.15, 0.2) is 40.7 Å². The third-order valence-electron chi connectivity index (χ3n) is 9.32. The summed E-state index contributed by atoms with van der Waals surface area (Å²) < 4.78 is 108. The number of fused-ring (bicyclic) bond motifs is 5. The van der Waals surface area contributed by atoms with E-state index in [4.69, 9.17) is 39.0 Å². The minimum absolute atomic E-state index is 0.00738. The normalized spacial score (nSPS) is 39.0. The molecule has 2 bridgehead atoms. The molecule has 51 heavy (non-hydrogen) atoms. The van der Waals surface area contributed by atoms with Crippen LogP contribution in [-0.2, 0) is 36.7 Å². The van der Waals surface area contributed by atoms with Crippen LogP contribution >= 0.6 is 15.6 Å². The number of hydrogen-bond acceptors (Lipinski definition) is 17. The predicted octanol–water partition coefficient (Wildman–Crippen LogP) is 0.399. The molecule has 276 valence electrons. The molecule has 27 heteroatoms. The van der Waals surface area contributed by atoms with Crippen molar-refractivity contribution in [1.29, 1.82) is 0 Å². The zero-order valence-electron chi connectivity index (χ0n) is 25.5. The lowest BCUT2D eigenvalue weighted by molar-refractivity contribution is -0.272. The summed E-state index contributed by atoms with van der Waals surface area (Å²) in [5, 5.41) is 11.4. The maximum Gasteiger partial charge on any atom is 0.473 e. The lowest BCUT2D eigenvalue weighted by Gasteiger charge is -2.42. The number of nitrogens with two attached hydrogens (primary N) is 2. The van der Waals surface area contributed by atoms with Gasteiger partial charge in [0.1, 0.15) is 30.2 Å². The Bertz CT molecular complexity index is 2190. The van der Waals surface area contributed by atoms with Gasteiger partial charge in [0, 0.05) is 12.3 Å². The maximum atomic E-state index is 15.3. The number of H-pyrrole nitrogens is 1. The van der Waals surface area contributed by atoms with E-state index in [-0.39, 0.29) is 34.1 Å². The number of anilines is 2. The van der Waals surface area contributed by atoms with Crippen LogP contribution in [0.2, 0.25) is 0 Å². The van der Waals surface area contributed by atoms with Crippen molar-refractivity contribution in [2.75, 3.05) is 18.1 Å². The van der Waals surface area contributed by atoms with E-state index in [0.717, 1.165) is 28.1 Å². The Balaban J connectivity index is 1.21. The summed E-state index contributed by atoms with van der Waals surface area (Å²) in [5.41, 5.74) is 6.91. The van der Waals surface area contributed by atoms with Crippen molar-refractivity contribution in [3.8, 4) is 0 Å². The van der Waals surface area contributed by atoms with Crippen LogP contribution in [0, 0.1) is 5.92 Å². The lowest BCUT2D eigenvalue weighted by Crippen LogP contribution is -2.53. The Kier molecular flexibility index (Phi) is 7.91. The highest BCUT2D eigenvalue weighted by Crippen LogP contribution is 2.62. The fraction of sp³-hybridized carbons (Fsp3) is 0.583. The molecule has 8 N–H and O–H groups in total. The van der Waals surface area contributed by atoms with Gasteiger partial charge in [0.05, 0.1) is 31.5 Å². The van der Waals surface area contributed by atoms with E-state index in [1.54, 1.807) is 0 Å². The summed E-state index contributed by atoms with van der Waals surface area (Å²) in [6.07, 6.45) is -17.0. The SMILES string of the molecule is Nc1nc2c(ncn2[C@@H]2O[C@@H]3COP(=O)(O)OC4C(O)[C@H](n5cnc6c(N)ncnc65)O[C@@H]4CC4(C(F)(F)F)CCC3C2OP(=O)(O)O4)c(=O)[nH]1. The van der Waals surface area contributed by atoms with Crippen molar-refractivity contribution >= 4 is 49.7 Å². The molecule has 0 amide bonds. The van der Waals surface area contributed by atoms with E-state index in [0.29, 0.717) is 0 Å². The summed E-state index contributed by atoms with van der Waals surface area (Å²) in [5.74, 6) is -1.64. The minimum atomic E-state index is -5.71. The fourth-order valence-electron chi connectivity index (χ4n) is 7.04. The van der Waals surface area contributed by atoms with Crippen LogP contribution < -0.4 is 17.0 Å². The Labute approximate surface area is 281 Å². The largest absolute Gasteiger partial charge is 0.473 e. The number of halogens is 3. The highest BCUT2D eigenvalue weighted by molar-refractivity contribution is 7.47. The van der Waals surface area contributed by atoms with Crippen molar-refractivity contribution in [2.24, 2.45) is 5.92 Å². The van der Waals surface area contributed by atoms with Crippen molar-refractivity contribution < 1.29 is 64.8 Å². The number of nitrogen functional groups attached to an aromatic ring is 2. The third-order valence-corrected chi connectivity index (χ3v) is 11.4. The Morgan fingerprint density at radius 2 is 1.63 bits per heavy atom. The van der Waals surface area contributed by atoms with Gasteiger partial charge < -0.3 is 35.8 Å². The van der Waals surface area contributed by atoms with E-state index >= 15 is 13.2 Å². The monoisotopic (exact) mass is 766 g/mol. The molecular weight excluding hydrogens is 739 g/mol. The number of rotatable bonds is 2. The van der Waals surface area contributed by atoms with Gasteiger partial charge in [-0.2, -0.15) is 18.2 Å². The van der Waals surface area contributed by atoms with Crippen LogP contribution in [0.1, 0.15) is 31.7 Å². The molecule has 8 rings (SSSR count). The van der Waals surface area contributed by atoms with Gasteiger partial charge in [0.25, 0.3) is 5.56 Å². The molecule has 4 aromatic heterocycles. The number of aliphatic hydroxyl groups is 1. The second-order valence-corrected chi connectivity index (χ2v) is 15.1. The van der Waals surface area contributed by atoms with Crippen LogP contribution in [0.25, 0.3) is 22.3 Å². The number of alkyl halides is 3. The van der Waals surface area contributed by atoms with Gasteiger partial charge in [0.2, 0.25) is 5.95 Å². The molecule has 11 atom stereocenters. The van der Waals surface area contributed by atoms with E-state index in [1.165, 1.54) is 0 Å². The molecule has 0 saturated carbocycles. The molecule has 8 heterocycles. The van der Waals surface area contributed by atoms with Crippen molar-refractivity contribution in [3.63, 3.8) is 0 Å². The first kappa shape index (κ1) is 34.5. The van der Waals surface area contributed by atoms with E-state index in [1.807, 2.05) is 0 Å². The van der Waals surface area contributed by atoms with Gasteiger partial charge in [-0.1, -0.05) is 0 Å². The number of ether oxygens (including phenoxy) is 2. The van der Waals surface area contributed by atoms with Crippen LogP contribution in [0.5, 0.6) is 0 Å². The molecule has 7 unspecified atom stereocenters. The molecule has 4 aliphatic rings. The number of aromatic amines is 1. The number of nitrogens with one attached hydrogen (secondary N) is 1. The first-order valence-corrected chi connectivity index (χ1v) is 18.0. The Morgan fingerprint density at radius 3 is 2.37 bits per heavy atom. The van der Waals surface area contributed by atoms with E-state index in [2.05, 4.69) is 29.9 Å². The van der Waals surface area contributed by atoms with Crippen molar-refractivity contribution in [3.05, 3.63) is 29.3 Å². The number of imidazole rings is 2. The number of aliphatic hydroxyl groups excluding tert-OH is 1. The molecular formula is C24H27F3N10O12P2. The average Bonchev–Trinajstić information content (AvgIpc) is 3.78. The van der Waals surface area contributed by atoms with Crippen LogP contribution in [0.15, 0.2) is 23.8 Å². The molecule has 4 aliphatic heterocycles. The number of phosphoric ester groups is 2. The first-order valence-electron chi connectivity index (χ1n) is 15.0. The fourth-order valence-corrected chi connectivity index (χ4v) is 9.33. The highest BCUT2D eigenvalue weighted by atomic mass is 31.2.